The van der Waals surface area contributed by atoms with Gasteiger partial charge in [-0.3, -0.25) is 4.57 Å². The standard InChI is InChI=1S/C10H17O3P/c1-9(2)6-4-7(9)10(3)8(5-6)12-14(11)13-10/h6-8,14H,4-5H2,1-3H3/t6-,7-,8+,10-/m1/s1. The van der Waals surface area contributed by atoms with Crippen molar-refractivity contribution in [1.29, 1.82) is 0 Å². The van der Waals surface area contributed by atoms with Crippen LogP contribution in [0.25, 0.3) is 0 Å². The van der Waals surface area contributed by atoms with Gasteiger partial charge in [0.15, 0.2) is 0 Å². The van der Waals surface area contributed by atoms with Gasteiger partial charge in [0.2, 0.25) is 0 Å². The van der Waals surface area contributed by atoms with Crippen LogP contribution in [-0.4, -0.2) is 11.7 Å². The Morgan fingerprint density at radius 3 is 2.64 bits per heavy atom. The van der Waals surface area contributed by atoms with Crippen LogP contribution in [0.2, 0.25) is 0 Å². The summed E-state index contributed by atoms with van der Waals surface area (Å²) in [5, 5.41) is 0. The highest BCUT2D eigenvalue weighted by molar-refractivity contribution is 7.33. The molecule has 0 spiro atoms. The Morgan fingerprint density at radius 1 is 1.29 bits per heavy atom. The average Bonchev–Trinajstić information content (AvgIpc) is 2.37. The van der Waals surface area contributed by atoms with E-state index in [9.17, 15) is 4.57 Å². The number of hydrogen-bond donors (Lipinski definition) is 0. The van der Waals surface area contributed by atoms with Crippen molar-refractivity contribution in [2.75, 3.05) is 0 Å². The van der Waals surface area contributed by atoms with Gasteiger partial charge in [-0.25, -0.2) is 0 Å². The maximum absolute atomic E-state index is 11.3. The molecule has 4 fully saturated rings. The van der Waals surface area contributed by atoms with E-state index in [1.807, 2.05) is 0 Å². The molecule has 0 N–H and O–H groups in total. The van der Waals surface area contributed by atoms with Gasteiger partial charge in [0.05, 0.1) is 6.10 Å². The van der Waals surface area contributed by atoms with E-state index in [-0.39, 0.29) is 11.7 Å². The quantitative estimate of drug-likeness (QED) is 0.584. The molecule has 3 aliphatic carbocycles. The van der Waals surface area contributed by atoms with Gasteiger partial charge < -0.3 is 9.05 Å². The molecule has 1 aliphatic heterocycles. The molecular formula is C10H17O3P. The lowest BCUT2D eigenvalue weighted by Gasteiger charge is -2.63. The zero-order valence-electron chi connectivity index (χ0n) is 8.87. The predicted octanol–water partition coefficient (Wildman–Crippen LogP) is 2.62. The lowest BCUT2D eigenvalue weighted by atomic mass is 9.43. The van der Waals surface area contributed by atoms with Gasteiger partial charge in [-0.1, -0.05) is 13.8 Å². The Morgan fingerprint density at radius 2 is 2.00 bits per heavy atom. The molecule has 5 atom stereocenters. The largest absolute Gasteiger partial charge is 0.320 e. The first kappa shape index (κ1) is 9.38. The van der Waals surface area contributed by atoms with Crippen LogP contribution in [0.4, 0.5) is 0 Å². The van der Waals surface area contributed by atoms with Crippen LogP contribution >= 0.6 is 8.25 Å². The lowest BCUT2D eigenvalue weighted by Crippen LogP contribution is -2.65. The third-order valence-electron chi connectivity index (χ3n) is 4.84. The lowest BCUT2D eigenvalue weighted by molar-refractivity contribution is -0.199. The number of rotatable bonds is 0. The van der Waals surface area contributed by atoms with Crippen molar-refractivity contribution in [2.24, 2.45) is 17.3 Å². The van der Waals surface area contributed by atoms with E-state index in [1.54, 1.807) is 0 Å². The molecule has 14 heavy (non-hydrogen) atoms. The average molecular weight is 216 g/mol. The summed E-state index contributed by atoms with van der Waals surface area (Å²) in [6.45, 7) is 6.67. The molecule has 3 saturated carbocycles. The molecule has 0 aromatic carbocycles. The molecule has 1 unspecified atom stereocenters. The van der Waals surface area contributed by atoms with Crippen molar-refractivity contribution in [3.8, 4) is 0 Å². The molecule has 1 heterocycles. The van der Waals surface area contributed by atoms with E-state index in [4.69, 9.17) is 9.05 Å². The minimum Gasteiger partial charge on any atom is -0.304 e. The minimum atomic E-state index is -2.20. The maximum atomic E-state index is 11.3. The van der Waals surface area contributed by atoms with Crippen molar-refractivity contribution in [3.63, 3.8) is 0 Å². The third-order valence-corrected chi connectivity index (χ3v) is 5.93. The second kappa shape index (κ2) is 2.45. The Balaban J connectivity index is 1.98. The number of hydrogen-bond acceptors (Lipinski definition) is 3. The molecular weight excluding hydrogens is 199 g/mol. The summed E-state index contributed by atoms with van der Waals surface area (Å²) in [6.07, 6.45) is 2.33. The molecule has 4 heteroatoms. The zero-order valence-corrected chi connectivity index (χ0v) is 9.87. The van der Waals surface area contributed by atoms with Crippen LogP contribution < -0.4 is 0 Å². The summed E-state index contributed by atoms with van der Waals surface area (Å²) in [7, 11) is -2.20. The Kier molecular flexibility index (Phi) is 1.64. The molecule has 0 amide bonds. The summed E-state index contributed by atoms with van der Waals surface area (Å²) >= 11 is 0. The Labute approximate surface area is 85.1 Å². The van der Waals surface area contributed by atoms with E-state index in [2.05, 4.69) is 20.8 Å². The SMILES string of the molecule is CC1(C)[C@H]2C[C@@H]3O[PH](=O)O[C@]3(C)[C@@H]1C2. The molecule has 80 valence electrons. The highest BCUT2D eigenvalue weighted by Gasteiger charge is 2.67. The summed E-state index contributed by atoms with van der Waals surface area (Å²) in [6, 6.07) is 0. The summed E-state index contributed by atoms with van der Waals surface area (Å²) in [4.78, 5) is 0. The topological polar surface area (TPSA) is 35.5 Å². The highest BCUT2D eigenvalue weighted by atomic mass is 31.1. The molecule has 4 rings (SSSR count). The van der Waals surface area contributed by atoms with Gasteiger partial charge in [0, 0.05) is 0 Å². The van der Waals surface area contributed by atoms with Crippen molar-refractivity contribution >= 4 is 8.25 Å². The van der Waals surface area contributed by atoms with E-state index in [0.717, 1.165) is 12.3 Å². The van der Waals surface area contributed by atoms with Crippen LogP contribution in [0, 0.1) is 17.3 Å². The van der Waals surface area contributed by atoms with Crippen LogP contribution in [0.3, 0.4) is 0 Å². The first-order valence-electron chi connectivity index (χ1n) is 5.34. The maximum Gasteiger partial charge on any atom is 0.320 e. The highest BCUT2D eigenvalue weighted by Crippen LogP contribution is 2.68. The van der Waals surface area contributed by atoms with Gasteiger partial charge in [-0.2, -0.15) is 0 Å². The summed E-state index contributed by atoms with van der Waals surface area (Å²) in [5.74, 6) is 1.26. The van der Waals surface area contributed by atoms with Gasteiger partial charge >= 0.3 is 8.25 Å². The minimum absolute atomic E-state index is 0.0886. The molecule has 0 aromatic rings. The molecule has 1 saturated heterocycles. The monoisotopic (exact) mass is 216 g/mol. The summed E-state index contributed by atoms with van der Waals surface area (Å²) < 4.78 is 22.3. The van der Waals surface area contributed by atoms with Gasteiger partial charge in [0.1, 0.15) is 5.60 Å². The fourth-order valence-corrected chi connectivity index (χ4v) is 4.97. The first-order chi connectivity index (χ1) is 6.44. The Bertz CT molecular complexity index is 314. The van der Waals surface area contributed by atoms with Crippen molar-refractivity contribution in [1.82, 2.24) is 0 Å². The van der Waals surface area contributed by atoms with Crippen LogP contribution in [0.15, 0.2) is 0 Å². The fraction of sp³-hybridized carbons (Fsp3) is 1.00. The van der Waals surface area contributed by atoms with Crippen molar-refractivity contribution < 1.29 is 13.6 Å². The Hall–Kier alpha value is 0.150. The van der Waals surface area contributed by atoms with E-state index in [0.29, 0.717) is 11.3 Å². The van der Waals surface area contributed by atoms with Crippen molar-refractivity contribution in [2.45, 2.75) is 45.3 Å². The van der Waals surface area contributed by atoms with Gasteiger partial charge in [0.25, 0.3) is 0 Å². The normalized spacial score (nSPS) is 59.1. The van der Waals surface area contributed by atoms with E-state index in [1.165, 1.54) is 6.42 Å². The molecule has 4 aliphatic rings. The van der Waals surface area contributed by atoms with E-state index >= 15 is 0 Å². The molecule has 2 bridgehead atoms. The second-order valence-corrected chi connectivity index (χ2v) is 6.62. The third kappa shape index (κ3) is 0.892. The smallest absolute Gasteiger partial charge is 0.304 e. The molecule has 0 aromatic heterocycles. The van der Waals surface area contributed by atoms with E-state index < -0.39 is 8.25 Å². The van der Waals surface area contributed by atoms with Gasteiger partial charge in [-0.15, -0.1) is 0 Å². The molecule has 3 nitrogen and oxygen atoms in total. The summed E-state index contributed by atoms with van der Waals surface area (Å²) in [5.41, 5.74) is 0.0788. The van der Waals surface area contributed by atoms with Crippen LogP contribution in [0.5, 0.6) is 0 Å². The molecule has 0 radical (unpaired) electrons. The predicted molar refractivity (Wildman–Crippen MR) is 53.4 cm³/mol. The van der Waals surface area contributed by atoms with Crippen LogP contribution in [-0.2, 0) is 13.6 Å². The van der Waals surface area contributed by atoms with Gasteiger partial charge in [-0.05, 0) is 37.0 Å². The van der Waals surface area contributed by atoms with Crippen LogP contribution in [0.1, 0.15) is 33.6 Å². The second-order valence-electron chi connectivity index (χ2n) is 5.68. The fourth-order valence-electron chi connectivity index (χ4n) is 3.73. The zero-order chi connectivity index (χ0) is 10.1. The van der Waals surface area contributed by atoms with Crippen molar-refractivity contribution in [3.05, 3.63) is 0 Å². The first-order valence-corrected chi connectivity index (χ1v) is 6.56.